The van der Waals surface area contributed by atoms with Crippen LogP contribution in [0.15, 0.2) is 77.9 Å². The average Bonchev–Trinajstić information content (AvgIpc) is 2.70. The van der Waals surface area contributed by atoms with Gasteiger partial charge in [-0.3, -0.25) is 4.79 Å². The molecule has 0 fully saturated rings. The first-order chi connectivity index (χ1) is 13.5. The van der Waals surface area contributed by atoms with Crippen molar-refractivity contribution in [2.45, 2.75) is 13.8 Å². The third-order valence-corrected chi connectivity index (χ3v) is 4.23. The van der Waals surface area contributed by atoms with E-state index in [0.29, 0.717) is 16.9 Å². The molecule has 0 aliphatic heterocycles. The van der Waals surface area contributed by atoms with Gasteiger partial charge in [0.25, 0.3) is 5.91 Å². The molecular formula is C23H20N2O3. The topological polar surface area (TPSA) is 67.8 Å². The lowest BCUT2D eigenvalue weighted by Gasteiger charge is -2.06. The number of amides is 1. The molecule has 3 aromatic carbocycles. The molecule has 3 aromatic rings. The summed E-state index contributed by atoms with van der Waals surface area (Å²) in [5.41, 5.74) is 6.13. The lowest BCUT2D eigenvalue weighted by Crippen LogP contribution is -2.18. The number of ether oxygens (including phenoxy) is 1. The highest BCUT2D eigenvalue weighted by molar-refractivity contribution is 5.96. The predicted octanol–water partition coefficient (Wildman–Crippen LogP) is 4.29. The van der Waals surface area contributed by atoms with Gasteiger partial charge in [-0.1, -0.05) is 36.4 Å². The van der Waals surface area contributed by atoms with E-state index in [-0.39, 0.29) is 5.91 Å². The van der Waals surface area contributed by atoms with Crippen LogP contribution < -0.4 is 10.2 Å². The number of carbonyl (C=O) groups is 2. The maximum Gasteiger partial charge on any atom is 0.343 e. The third-order valence-electron chi connectivity index (χ3n) is 4.23. The second kappa shape index (κ2) is 8.77. The maximum atomic E-state index is 12.2. The molecule has 140 valence electrons. The highest BCUT2D eigenvalue weighted by Crippen LogP contribution is 2.15. The monoisotopic (exact) mass is 372 g/mol. The molecule has 1 amide bonds. The fraction of sp³-hybridized carbons (Fsp3) is 0.0870. The standard InChI is InChI=1S/C23H20N2O3/c1-16-7-3-5-9-20(16)22(26)25-24-15-18-11-13-19(14-12-18)28-23(27)21-10-6-4-8-17(21)2/h3-15H,1-2H3,(H,25,26)/b24-15-. The maximum absolute atomic E-state index is 12.2. The first-order valence-corrected chi connectivity index (χ1v) is 8.81. The summed E-state index contributed by atoms with van der Waals surface area (Å²) in [6.07, 6.45) is 1.53. The van der Waals surface area contributed by atoms with Gasteiger partial charge in [0, 0.05) is 5.56 Å². The molecule has 3 rings (SSSR count). The molecule has 5 nitrogen and oxygen atoms in total. The lowest BCUT2D eigenvalue weighted by atomic mass is 10.1. The third kappa shape index (κ3) is 4.71. The van der Waals surface area contributed by atoms with E-state index < -0.39 is 5.97 Å². The Kier molecular flexibility index (Phi) is 5.97. The summed E-state index contributed by atoms with van der Waals surface area (Å²) < 4.78 is 5.40. The van der Waals surface area contributed by atoms with E-state index in [1.165, 1.54) is 6.21 Å². The summed E-state index contributed by atoms with van der Waals surface area (Å²) >= 11 is 0. The largest absolute Gasteiger partial charge is 0.423 e. The van der Waals surface area contributed by atoms with Gasteiger partial charge in [-0.15, -0.1) is 0 Å². The van der Waals surface area contributed by atoms with Crippen LogP contribution in [0.2, 0.25) is 0 Å². The Hall–Kier alpha value is -3.73. The molecule has 0 saturated heterocycles. The summed E-state index contributed by atoms with van der Waals surface area (Å²) in [6.45, 7) is 3.73. The fourth-order valence-corrected chi connectivity index (χ4v) is 2.64. The molecule has 1 N–H and O–H groups in total. The van der Waals surface area contributed by atoms with Gasteiger partial charge in [-0.2, -0.15) is 5.10 Å². The second-order valence-corrected chi connectivity index (χ2v) is 6.29. The predicted molar refractivity (Wildman–Crippen MR) is 109 cm³/mol. The smallest absolute Gasteiger partial charge is 0.343 e. The molecule has 0 spiro atoms. The van der Waals surface area contributed by atoms with Crippen molar-refractivity contribution in [2.24, 2.45) is 5.10 Å². The fourth-order valence-electron chi connectivity index (χ4n) is 2.64. The highest BCUT2D eigenvalue weighted by Gasteiger charge is 2.10. The van der Waals surface area contributed by atoms with E-state index in [1.807, 2.05) is 44.2 Å². The number of carbonyl (C=O) groups excluding carboxylic acids is 2. The number of hydrogen-bond acceptors (Lipinski definition) is 4. The molecule has 0 atom stereocenters. The second-order valence-electron chi connectivity index (χ2n) is 6.29. The van der Waals surface area contributed by atoms with Gasteiger partial charge in [0.1, 0.15) is 5.75 Å². The Balaban J connectivity index is 1.59. The number of aryl methyl sites for hydroxylation is 2. The quantitative estimate of drug-likeness (QED) is 0.314. The average molecular weight is 372 g/mol. The molecule has 28 heavy (non-hydrogen) atoms. The number of rotatable bonds is 5. The van der Waals surface area contributed by atoms with Crippen LogP contribution in [0.4, 0.5) is 0 Å². The zero-order chi connectivity index (χ0) is 19.9. The van der Waals surface area contributed by atoms with E-state index in [4.69, 9.17) is 4.74 Å². The highest BCUT2D eigenvalue weighted by atomic mass is 16.5. The van der Waals surface area contributed by atoms with Crippen molar-refractivity contribution in [3.8, 4) is 5.75 Å². The van der Waals surface area contributed by atoms with E-state index in [9.17, 15) is 9.59 Å². The van der Waals surface area contributed by atoms with E-state index in [0.717, 1.165) is 16.7 Å². The van der Waals surface area contributed by atoms with Gasteiger partial charge in [0.2, 0.25) is 0 Å². The van der Waals surface area contributed by atoms with Crippen LogP contribution in [-0.4, -0.2) is 18.1 Å². The van der Waals surface area contributed by atoms with Crippen molar-refractivity contribution in [3.05, 3.63) is 101 Å². The van der Waals surface area contributed by atoms with Crippen LogP contribution in [0.3, 0.4) is 0 Å². The number of nitrogens with zero attached hydrogens (tertiary/aromatic N) is 1. The zero-order valence-corrected chi connectivity index (χ0v) is 15.7. The normalized spacial score (nSPS) is 10.6. The molecule has 5 heteroatoms. The minimum absolute atomic E-state index is 0.266. The van der Waals surface area contributed by atoms with Crippen LogP contribution in [-0.2, 0) is 0 Å². The van der Waals surface area contributed by atoms with Gasteiger partial charge >= 0.3 is 5.97 Å². The van der Waals surface area contributed by atoms with Crippen molar-refractivity contribution >= 4 is 18.1 Å². The van der Waals surface area contributed by atoms with Crippen LogP contribution in [0.25, 0.3) is 0 Å². The van der Waals surface area contributed by atoms with Crippen molar-refractivity contribution in [3.63, 3.8) is 0 Å². The Morgan fingerprint density at radius 3 is 2.00 bits per heavy atom. The summed E-state index contributed by atoms with van der Waals surface area (Å²) in [6, 6.07) is 21.4. The van der Waals surface area contributed by atoms with Gasteiger partial charge in [0.05, 0.1) is 11.8 Å². The number of benzene rings is 3. The first kappa shape index (κ1) is 19.0. The SMILES string of the molecule is Cc1ccccc1C(=O)N/N=C\c1ccc(OC(=O)c2ccccc2C)cc1. The molecule has 0 aliphatic rings. The number of nitrogens with one attached hydrogen (secondary N) is 1. The van der Waals surface area contributed by atoms with Gasteiger partial charge in [-0.25, -0.2) is 10.2 Å². The van der Waals surface area contributed by atoms with E-state index in [1.54, 1.807) is 42.5 Å². The molecule has 0 aromatic heterocycles. The first-order valence-electron chi connectivity index (χ1n) is 8.81. The molecule has 0 heterocycles. The molecule has 0 unspecified atom stereocenters. The Morgan fingerprint density at radius 1 is 0.821 bits per heavy atom. The summed E-state index contributed by atoms with van der Waals surface area (Å²) in [4.78, 5) is 24.3. The number of hydrogen-bond donors (Lipinski definition) is 1. The molecule has 0 saturated carbocycles. The van der Waals surface area contributed by atoms with Gasteiger partial charge in [0.15, 0.2) is 0 Å². The Labute approximate surface area is 163 Å². The molecule has 0 radical (unpaired) electrons. The van der Waals surface area contributed by atoms with Crippen LogP contribution in [0.1, 0.15) is 37.4 Å². The Morgan fingerprint density at radius 2 is 1.39 bits per heavy atom. The minimum Gasteiger partial charge on any atom is -0.423 e. The van der Waals surface area contributed by atoms with Crippen molar-refractivity contribution in [1.29, 1.82) is 0 Å². The summed E-state index contributed by atoms with van der Waals surface area (Å²) in [7, 11) is 0. The van der Waals surface area contributed by atoms with E-state index >= 15 is 0 Å². The molecular weight excluding hydrogens is 352 g/mol. The van der Waals surface area contributed by atoms with Crippen molar-refractivity contribution < 1.29 is 14.3 Å². The van der Waals surface area contributed by atoms with Crippen LogP contribution in [0, 0.1) is 13.8 Å². The van der Waals surface area contributed by atoms with E-state index in [2.05, 4.69) is 10.5 Å². The number of hydrazone groups is 1. The van der Waals surface area contributed by atoms with Crippen molar-refractivity contribution in [2.75, 3.05) is 0 Å². The minimum atomic E-state index is -0.398. The zero-order valence-electron chi connectivity index (χ0n) is 15.7. The van der Waals surface area contributed by atoms with Gasteiger partial charge in [-0.05, 0) is 66.9 Å². The number of esters is 1. The van der Waals surface area contributed by atoms with Crippen LogP contribution >= 0.6 is 0 Å². The Bertz CT molecular complexity index is 1020. The van der Waals surface area contributed by atoms with Gasteiger partial charge < -0.3 is 4.74 Å². The summed E-state index contributed by atoms with van der Waals surface area (Å²) in [5, 5.41) is 3.98. The summed E-state index contributed by atoms with van der Waals surface area (Å²) in [5.74, 6) is -0.225. The molecule has 0 aliphatic carbocycles. The lowest BCUT2D eigenvalue weighted by molar-refractivity contribution is 0.0733. The van der Waals surface area contributed by atoms with Crippen LogP contribution in [0.5, 0.6) is 5.75 Å². The van der Waals surface area contributed by atoms with Crippen molar-refractivity contribution in [1.82, 2.24) is 5.43 Å². The molecule has 0 bridgehead atoms.